The molecular formula is C24H21ClN2O4. The number of rotatable bonds is 6. The molecule has 1 heterocycles. The zero-order chi connectivity index (χ0) is 21.5. The van der Waals surface area contributed by atoms with Crippen LogP contribution in [-0.2, 0) is 16.2 Å². The van der Waals surface area contributed by atoms with Gasteiger partial charge in [0, 0.05) is 10.6 Å². The normalized spacial score (nSPS) is 26.2. The first-order valence-corrected chi connectivity index (χ1v) is 10.6. The SMILES string of the molecule is COc1cccc(C=NN2C(=O)C3C4C=CC(C4)C3C2=O)c1OCc1ccc(Cl)cc1. The van der Waals surface area contributed by atoms with Crippen molar-refractivity contribution in [2.75, 3.05) is 7.11 Å². The molecule has 1 aliphatic heterocycles. The summed E-state index contributed by atoms with van der Waals surface area (Å²) in [5, 5.41) is 5.95. The van der Waals surface area contributed by atoms with Crippen molar-refractivity contribution in [1.82, 2.24) is 5.01 Å². The van der Waals surface area contributed by atoms with Crippen LogP contribution in [0.5, 0.6) is 11.5 Å². The number of fused-ring (bicyclic) bond motifs is 5. The fraction of sp³-hybridized carbons (Fsp3) is 0.292. The van der Waals surface area contributed by atoms with Gasteiger partial charge in [0.05, 0.1) is 25.2 Å². The first kappa shape index (κ1) is 19.8. The van der Waals surface area contributed by atoms with Gasteiger partial charge >= 0.3 is 0 Å². The lowest BCUT2D eigenvalue weighted by atomic mass is 9.85. The van der Waals surface area contributed by atoms with Gasteiger partial charge in [-0.15, -0.1) is 0 Å². The summed E-state index contributed by atoms with van der Waals surface area (Å²) in [6.45, 7) is 0.305. The van der Waals surface area contributed by atoms with Crippen LogP contribution in [0.15, 0.2) is 59.7 Å². The number of ether oxygens (including phenoxy) is 2. The first-order valence-electron chi connectivity index (χ1n) is 10.2. The predicted molar refractivity (Wildman–Crippen MR) is 116 cm³/mol. The van der Waals surface area contributed by atoms with Crippen molar-refractivity contribution in [2.45, 2.75) is 13.0 Å². The van der Waals surface area contributed by atoms with Crippen LogP contribution in [0, 0.1) is 23.7 Å². The summed E-state index contributed by atoms with van der Waals surface area (Å²) in [7, 11) is 1.56. The first-order chi connectivity index (χ1) is 15.1. The van der Waals surface area contributed by atoms with Crippen molar-refractivity contribution in [1.29, 1.82) is 0 Å². The summed E-state index contributed by atoms with van der Waals surface area (Å²) in [4.78, 5) is 25.7. The average molecular weight is 437 g/mol. The van der Waals surface area contributed by atoms with Gasteiger partial charge < -0.3 is 9.47 Å². The Bertz CT molecular complexity index is 1070. The van der Waals surface area contributed by atoms with Crippen LogP contribution >= 0.6 is 11.6 Å². The van der Waals surface area contributed by atoms with Gasteiger partial charge in [-0.3, -0.25) is 9.59 Å². The Morgan fingerprint density at radius 2 is 1.74 bits per heavy atom. The van der Waals surface area contributed by atoms with Crippen LogP contribution in [0.25, 0.3) is 0 Å². The molecule has 0 N–H and O–H groups in total. The maximum atomic E-state index is 12.8. The number of methoxy groups -OCH3 is 1. The zero-order valence-corrected chi connectivity index (χ0v) is 17.7. The minimum absolute atomic E-state index is 0.154. The van der Waals surface area contributed by atoms with E-state index < -0.39 is 0 Å². The number of allylic oxidation sites excluding steroid dienone is 2. The number of carbonyl (C=O) groups excluding carboxylic acids is 2. The van der Waals surface area contributed by atoms with Gasteiger partial charge in [0.25, 0.3) is 11.8 Å². The molecule has 0 radical (unpaired) electrons. The quantitative estimate of drug-likeness (QED) is 0.389. The summed E-state index contributed by atoms with van der Waals surface area (Å²) in [5.74, 6) is 0.365. The number of hydrazone groups is 1. The molecule has 2 aromatic carbocycles. The molecule has 1 saturated carbocycles. The maximum absolute atomic E-state index is 12.8. The minimum atomic E-state index is -0.273. The Labute approximate surface area is 185 Å². The van der Waals surface area contributed by atoms with E-state index in [1.807, 2.05) is 18.2 Å². The van der Waals surface area contributed by atoms with Crippen molar-refractivity contribution in [3.8, 4) is 11.5 Å². The third kappa shape index (κ3) is 3.41. The average Bonchev–Trinajstić information content (AvgIpc) is 3.46. The number of benzene rings is 2. The van der Waals surface area contributed by atoms with E-state index in [2.05, 4.69) is 17.3 Å². The lowest BCUT2D eigenvalue weighted by Gasteiger charge is -2.14. The van der Waals surface area contributed by atoms with E-state index in [1.54, 1.807) is 31.4 Å². The number of hydrogen-bond acceptors (Lipinski definition) is 5. The molecule has 2 aromatic rings. The van der Waals surface area contributed by atoms with Crippen molar-refractivity contribution < 1.29 is 19.1 Å². The standard InChI is InChI=1S/C24H21ClN2O4/c1-30-19-4-2-3-17(22(19)31-13-14-5-9-18(25)10-6-14)12-26-27-23(28)20-15-7-8-16(11-15)21(20)24(27)29/h2-10,12,15-16,20-21H,11,13H2,1H3. The van der Waals surface area contributed by atoms with E-state index in [-0.39, 0.29) is 35.5 Å². The van der Waals surface area contributed by atoms with E-state index in [1.165, 1.54) is 6.21 Å². The molecule has 31 heavy (non-hydrogen) atoms. The molecule has 5 rings (SSSR count). The summed E-state index contributed by atoms with van der Waals surface area (Å²) in [5.41, 5.74) is 1.56. The number of amides is 2. The second-order valence-corrected chi connectivity index (χ2v) is 8.46. The topological polar surface area (TPSA) is 68.2 Å². The van der Waals surface area contributed by atoms with E-state index in [4.69, 9.17) is 21.1 Å². The smallest absolute Gasteiger partial charge is 0.254 e. The van der Waals surface area contributed by atoms with Crippen molar-refractivity contribution in [2.24, 2.45) is 28.8 Å². The minimum Gasteiger partial charge on any atom is -0.493 e. The van der Waals surface area contributed by atoms with E-state index in [9.17, 15) is 9.59 Å². The Balaban J connectivity index is 1.38. The highest BCUT2D eigenvalue weighted by molar-refractivity contribution is 6.30. The van der Waals surface area contributed by atoms with Crippen LogP contribution in [0.4, 0.5) is 0 Å². The molecule has 3 aliphatic rings. The van der Waals surface area contributed by atoms with E-state index in [0.717, 1.165) is 17.0 Å². The summed E-state index contributed by atoms with van der Waals surface area (Å²) < 4.78 is 11.5. The lowest BCUT2D eigenvalue weighted by Crippen LogP contribution is -2.28. The molecule has 1 saturated heterocycles. The van der Waals surface area contributed by atoms with Crippen LogP contribution in [0.1, 0.15) is 17.5 Å². The Hall–Kier alpha value is -3.12. The summed E-state index contributed by atoms with van der Waals surface area (Å²) in [6.07, 6.45) is 6.51. The Morgan fingerprint density at radius 3 is 2.39 bits per heavy atom. The van der Waals surface area contributed by atoms with E-state index in [0.29, 0.717) is 28.7 Å². The molecule has 4 unspecified atom stereocenters. The van der Waals surface area contributed by atoms with Gasteiger partial charge in [0.15, 0.2) is 11.5 Å². The van der Waals surface area contributed by atoms with Gasteiger partial charge in [-0.05, 0) is 48.1 Å². The Morgan fingerprint density at radius 1 is 1.06 bits per heavy atom. The Kier molecular flexibility index (Phi) is 5.02. The van der Waals surface area contributed by atoms with Crippen molar-refractivity contribution in [3.05, 3.63) is 70.8 Å². The van der Waals surface area contributed by atoms with Gasteiger partial charge in [-0.2, -0.15) is 10.1 Å². The molecule has 2 bridgehead atoms. The number of nitrogens with zero attached hydrogens (tertiary/aromatic N) is 2. The third-order valence-electron chi connectivity index (χ3n) is 6.29. The molecule has 0 spiro atoms. The fourth-order valence-electron chi connectivity index (χ4n) is 4.81. The molecule has 4 atom stereocenters. The second-order valence-electron chi connectivity index (χ2n) is 8.03. The predicted octanol–water partition coefficient (Wildman–Crippen LogP) is 4.07. The number of para-hydroxylation sites is 1. The zero-order valence-electron chi connectivity index (χ0n) is 16.9. The maximum Gasteiger partial charge on any atom is 0.254 e. The summed E-state index contributed by atoms with van der Waals surface area (Å²) in [6, 6.07) is 12.8. The molecule has 158 valence electrons. The highest BCUT2D eigenvalue weighted by atomic mass is 35.5. The van der Waals surface area contributed by atoms with Crippen LogP contribution in [0.3, 0.4) is 0 Å². The van der Waals surface area contributed by atoms with Crippen LogP contribution < -0.4 is 9.47 Å². The third-order valence-corrected chi connectivity index (χ3v) is 6.54. The van der Waals surface area contributed by atoms with Crippen molar-refractivity contribution >= 4 is 29.6 Å². The van der Waals surface area contributed by atoms with Crippen molar-refractivity contribution in [3.63, 3.8) is 0 Å². The number of carbonyl (C=O) groups is 2. The molecular weight excluding hydrogens is 416 g/mol. The van der Waals surface area contributed by atoms with Gasteiger partial charge in [-0.1, -0.05) is 42.0 Å². The highest BCUT2D eigenvalue weighted by Gasteiger charge is 2.59. The fourth-order valence-corrected chi connectivity index (χ4v) is 4.93. The lowest BCUT2D eigenvalue weighted by molar-refractivity contribution is -0.140. The molecule has 2 fully saturated rings. The number of halogens is 1. The van der Waals surface area contributed by atoms with Gasteiger partial charge in [0.1, 0.15) is 6.61 Å². The number of hydrogen-bond donors (Lipinski definition) is 0. The van der Waals surface area contributed by atoms with E-state index >= 15 is 0 Å². The van der Waals surface area contributed by atoms with Crippen LogP contribution in [0.2, 0.25) is 5.02 Å². The largest absolute Gasteiger partial charge is 0.493 e. The van der Waals surface area contributed by atoms with Gasteiger partial charge in [-0.25, -0.2) is 0 Å². The number of imide groups is 1. The van der Waals surface area contributed by atoms with Crippen LogP contribution in [-0.4, -0.2) is 30.1 Å². The molecule has 0 aromatic heterocycles. The second kappa shape index (κ2) is 7.85. The highest BCUT2D eigenvalue weighted by Crippen LogP contribution is 2.52. The summed E-state index contributed by atoms with van der Waals surface area (Å²) >= 11 is 5.94. The monoisotopic (exact) mass is 436 g/mol. The van der Waals surface area contributed by atoms with Gasteiger partial charge in [0.2, 0.25) is 0 Å². The molecule has 7 heteroatoms. The molecule has 6 nitrogen and oxygen atoms in total. The molecule has 2 amide bonds. The molecule has 2 aliphatic carbocycles.